The molecule has 1 aliphatic carbocycles. The lowest BCUT2D eigenvalue weighted by Gasteiger charge is -2.38. The van der Waals surface area contributed by atoms with Crippen LogP contribution in [0, 0.1) is 11.7 Å². The fraction of sp³-hybridized carbons (Fsp3) is 0.571. The summed E-state index contributed by atoms with van der Waals surface area (Å²) in [6.07, 6.45) is -3.01. The van der Waals surface area contributed by atoms with E-state index < -0.39 is 17.6 Å². The highest BCUT2D eigenvalue weighted by molar-refractivity contribution is 9.10. The van der Waals surface area contributed by atoms with E-state index in [1.54, 1.807) is 6.07 Å². The molecule has 112 valence electrons. The second-order valence-corrected chi connectivity index (χ2v) is 6.55. The fourth-order valence-corrected chi connectivity index (χ4v) is 3.33. The molecule has 2 N–H and O–H groups in total. The Morgan fingerprint density at radius 2 is 1.80 bits per heavy atom. The molecule has 0 spiro atoms. The van der Waals surface area contributed by atoms with Gasteiger partial charge in [0.15, 0.2) is 0 Å². The minimum Gasteiger partial charge on any atom is -0.325 e. The van der Waals surface area contributed by atoms with Crippen molar-refractivity contribution in [2.45, 2.75) is 43.8 Å². The Balaban J connectivity index is 2.03. The van der Waals surface area contributed by atoms with Gasteiger partial charge in [-0.1, -0.05) is 15.9 Å². The first-order valence-electron chi connectivity index (χ1n) is 6.49. The maximum Gasteiger partial charge on any atom is 0.391 e. The zero-order valence-corrected chi connectivity index (χ0v) is 12.4. The lowest BCUT2D eigenvalue weighted by Crippen LogP contribution is -2.47. The predicted molar refractivity (Wildman–Crippen MR) is 72.7 cm³/mol. The molecule has 2 rings (SSSR count). The lowest BCUT2D eigenvalue weighted by atomic mass is 9.74. The van der Waals surface area contributed by atoms with Crippen molar-refractivity contribution in [2.24, 2.45) is 11.7 Å². The zero-order chi connectivity index (χ0) is 15.0. The summed E-state index contributed by atoms with van der Waals surface area (Å²) < 4.78 is 51.8. The molecule has 1 fully saturated rings. The van der Waals surface area contributed by atoms with Gasteiger partial charge in [0.05, 0.1) is 5.92 Å². The summed E-state index contributed by atoms with van der Waals surface area (Å²) in [5, 5.41) is 0. The van der Waals surface area contributed by atoms with E-state index in [2.05, 4.69) is 15.9 Å². The monoisotopic (exact) mass is 353 g/mol. The normalized spacial score (nSPS) is 27.6. The number of benzene rings is 1. The molecular weight excluding hydrogens is 338 g/mol. The number of rotatable bonds is 2. The SMILES string of the molecule is NC1(Cc2cc(F)cc(Br)c2)CCC(C(F)(F)F)CC1. The molecule has 0 heterocycles. The van der Waals surface area contributed by atoms with E-state index in [-0.39, 0.29) is 18.7 Å². The highest BCUT2D eigenvalue weighted by Crippen LogP contribution is 2.41. The average molecular weight is 354 g/mol. The molecule has 1 nitrogen and oxygen atoms in total. The van der Waals surface area contributed by atoms with E-state index in [9.17, 15) is 17.6 Å². The molecule has 0 bridgehead atoms. The maximum atomic E-state index is 13.3. The largest absolute Gasteiger partial charge is 0.391 e. The van der Waals surface area contributed by atoms with Gasteiger partial charge in [-0.3, -0.25) is 0 Å². The lowest BCUT2D eigenvalue weighted by molar-refractivity contribution is -0.184. The Morgan fingerprint density at radius 3 is 2.30 bits per heavy atom. The van der Waals surface area contributed by atoms with Gasteiger partial charge in [-0.15, -0.1) is 0 Å². The second-order valence-electron chi connectivity index (χ2n) is 5.63. The van der Waals surface area contributed by atoms with Crippen LogP contribution in [0.4, 0.5) is 17.6 Å². The Morgan fingerprint density at radius 1 is 1.20 bits per heavy atom. The van der Waals surface area contributed by atoms with Crippen LogP contribution < -0.4 is 5.73 Å². The first kappa shape index (κ1) is 15.8. The zero-order valence-electron chi connectivity index (χ0n) is 10.8. The van der Waals surface area contributed by atoms with Crippen LogP contribution in [0.25, 0.3) is 0 Å². The van der Waals surface area contributed by atoms with Gasteiger partial charge in [-0.05, 0) is 55.9 Å². The summed E-state index contributed by atoms with van der Waals surface area (Å²) in [4.78, 5) is 0. The number of nitrogens with two attached hydrogens (primary N) is 1. The second kappa shape index (κ2) is 5.64. The number of halogens is 5. The summed E-state index contributed by atoms with van der Waals surface area (Å²) in [5.41, 5.74) is 6.23. The third-order valence-electron chi connectivity index (χ3n) is 3.92. The topological polar surface area (TPSA) is 26.0 Å². The minimum atomic E-state index is -4.14. The van der Waals surface area contributed by atoms with Crippen LogP contribution in [0.5, 0.6) is 0 Å². The Labute approximate surface area is 123 Å². The van der Waals surface area contributed by atoms with Crippen LogP contribution >= 0.6 is 15.9 Å². The summed E-state index contributed by atoms with van der Waals surface area (Å²) in [7, 11) is 0. The van der Waals surface area contributed by atoms with Crippen LogP contribution in [-0.4, -0.2) is 11.7 Å². The third kappa shape index (κ3) is 3.95. The van der Waals surface area contributed by atoms with E-state index in [4.69, 9.17) is 5.73 Å². The molecule has 0 amide bonds. The molecule has 1 aliphatic rings. The number of hydrogen-bond acceptors (Lipinski definition) is 1. The Kier molecular flexibility index (Phi) is 4.44. The van der Waals surface area contributed by atoms with Crippen molar-refractivity contribution in [1.82, 2.24) is 0 Å². The standard InChI is InChI=1S/C14H16BrF4N/c15-11-5-9(6-12(16)7-11)8-13(20)3-1-10(2-4-13)14(17,18)19/h5-7,10H,1-4,8,20H2. The van der Waals surface area contributed by atoms with Gasteiger partial charge in [0, 0.05) is 10.0 Å². The molecule has 0 atom stereocenters. The van der Waals surface area contributed by atoms with Crippen molar-refractivity contribution in [3.05, 3.63) is 34.1 Å². The molecule has 20 heavy (non-hydrogen) atoms. The average Bonchev–Trinajstić information content (AvgIpc) is 2.25. The fourth-order valence-electron chi connectivity index (χ4n) is 2.82. The molecular formula is C14H16BrF4N. The van der Waals surface area contributed by atoms with Crippen molar-refractivity contribution < 1.29 is 17.6 Å². The van der Waals surface area contributed by atoms with Crippen molar-refractivity contribution in [1.29, 1.82) is 0 Å². The number of alkyl halides is 3. The molecule has 0 unspecified atom stereocenters. The van der Waals surface area contributed by atoms with Crippen LogP contribution in [0.3, 0.4) is 0 Å². The van der Waals surface area contributed by atoms with Crippen molar-refractivity contribution in [3.8, 4) is 0 Å². The smallest absolute Gasteiger partial charge is 0.325 e. The van der Waals surface area contributed by atoms with Crippen molar-refractivity contribution in [3.63, 3.8) is 0 Å². The van der Waals surface area contributed by atoms with Gasteiger partial charge >= 0.3 is 6.18 Å². The Hall–Kier alpha value is -0.620. The molecule has 0 saturated heterocycles. The molecule has 1 aromatic rings. The minimum absolute atomic E-state index is 0.0521. The molecule has 0 aliphatic heterocycles. The molecule has 1 saturated carbocycles. The van der Waals surface area contributed by atoms with Gasteiger partial charge in [0.1, 0.15) is 5.82 Å². The van der Waals surface area contributed by atoms with Gasteiger partial charge in [-0.25, -0.2) is 4.39 Å². The summed E-state index contributed by atoms with van der Waals surface area (Å²) in [6, 6.07) is 4.48. The summed E-state index contributed by atoms with van der Waals surface area (Å²) in [6.45, 7) is 0. The van der Waals surface area contributed by atoms with E-state index in [0.717, 1.165) is 0 Å². The number of hydrogen-bond donors (Lipinski definition) is 1. The maximum absolute atomic E-state index is 13.3. The van der Waals surface area contributed by atoms with E-state index in [0.29, 0.717) is 29.3 Å². The van der Waals surface area contributed by atoms with Gasteiger partial charge in [0.2, 0.25) is 0 Å². The highest BCUT2D eigenvalue weighted by atomic mass is 79.9. The van der Waals surface area contributed by atoms with Gasteiger partial charge in [0.25, 0.3) is 0 Å². The first-order valence-corrected chi connectivity index (χ1v) is 7.28. The van der Waals surface area contributed by atoms with Crippen LogP contribution in [-0.2, 0) is 6.42 Å². The van der Waals surface area contributed by atoms with E-state index in [1.807, 2.05) is 0 Å². The third-order valence-corrected chi connectivity index (χ3v) is 4.38. The van der Waals surface area contributed by atoms with Crippen molar-refractivity contribution >= 4 is 15.9 Å². The summed E-state index contributed by atoms with van der Waals surface area (Å²) in [5.74, 6) is -1.62. The molecule has 1 aromatic carbocycles. The van der Waals surface area contributed by atoms with Crippen LogP contribution in [0.2, 0.25) is 0 Å². The predicted octanol–water partition coefficient (Wildman–Crippen LogP) is 4.58. The molecule has 6 heteroatoms. The van der Waals surface area contributed by atoms with Crippen LogP contribution in [0.15, 0.2) is 22.7 Å². The van der Waals surface area contributed by atoms with Gasteiger partial charge < -0.3 is 5.73 Å². The van der Waals surface area contributed by atoms with E-state index >= 15 is 0 Å². The molecule has 0 radical (unpaired) electrons. The van der Waals surface area contributed by atoms with Crippen LogP contribution in [0.1, 0.15) is 31.2 Å². The molecule has 0 aromatic heterocycles. The Bertz CT molecular complexity index is 458. The van der Waals surface area contributed by atoms with E-state index in [1.165, 1.54) is 12.1 Å². The summed E-state index contributed by atoms with van der Waals surface area (Å²) >= 11 is 3.20. The first-order chi connectivity index (χ1) is 9.18. The van der Waals surface area contributed by atoms with Crippen molar-refractivity contribution in [2.75, 3.05) is 0 Å². The quantitative estimate of drug-likeness (QED) is 0.773. The van der Waals surface area contributed by atoms with Gasteiger partial charge in [-0.2, -0.15) is 13.2 Å². The highest BCUT2D eigenvalue weighted by Gasteiger charge is 2.44.